The van der Waals surface area contributed by atoms with Crippen LogP contribution in [0.5, 0.6) is 0 Å². The van der Waals surface area contributed by atoms with E-state index in [0.717, 1.165) is 64.2 Å². The average Bonchev–Trinajstić information content (AvgIpc) is 3.26. The van der Waals surface area contributed by atoms with E-state index >= 15 is 0 Å². The second kappa shape index (κ2) is 29.0. The molecule has 1 N–H and O–H groups in total. The largest absolute Gasteiger partial charge is 0.460 e. The van der Waals surface area contributed by atoms with Gasteiger partial charge in [0.15, 0.2) is 0 Å². The maximum atomic E-state index is 12.4. The van der Waals surface area contributed by atoms with E-state index < -0.39 is 30.5 Å². The van der Waals surface area contributed by atoms with Gasteiger partial charge in [-0.15, -0.1) is 0 Å². The van der Waals surface area contributed by atoms with Gasteiger partial charge >= 0.3 is 23.9 Å². The van der Waals surface area contributed by atoms with Crippen molar-refractivity contribution >= 4 is 23.9 Å². The van der Waals surface area contributed by atoms with Crippen LogP contribution in [0.1, 0.15) is 64.2 Å². The van der Waals surface area contributed by atoms with Crippen molar-refractivity contribution in [1.29, 1.82) is 0 Å². The molecule has 0 aromatic carbocycles. The number of aliphatic hydroxyl groups is 1. The van der Waals surface area contributed by atoms with Crippen molar-refractivity contribution in [2.24, 2.45) is 23.7 Å². The number of esters is 4. The Kier molecular flexibility index (Phi) is 24.7. The Morgan fingerprint density at radius 2 is 0.738 bits per heavy atom. The summed E-state index contributed by atoms with van der Waals surface area (Å²) in [7, 11) is 4.47. The van der Waals surface area contributed by atoms with Crippen LogP contribution in [0.2, 0.25) is 0 Å². The molecule has 16 nitrogen and oxygen atoms in total. The fraction of sp³-hybridized carbons (Fsp3) is 0.733. The van der Waals surface area contributed by atoms with Gasteiger partial charge in [0.05, 0.1) is 99.6 Å². The van der Waals surface area contributed by atoms with Crippen LogP contribution in [0.4, 0.5) is 0 Å². The van der Waals surface area contributed by atoms with Crippen LogP contribution in [-0.4, -0.2) is 154 Å². The third kappa shape index (κ3) is 18.4. The monoisotopic (exact) mass is 866 g/mol. The van der Waals surface area contributed by atoms with Crippen LogP contribution in [0, 0.1) is 23.7 Å². The Morgan fingerprint density at radius 1 is 0.443 bits per heavy atom. The van der Waals surface area contributed by atoms with Gasteiger partial charge in [-0.05, 0) is 87.9 Å². The molecule has 0 bridgehead atoms. The van der Waals surface area contributed by atoms with Crippen LogP contribution >= 0.6 is 0 Å². The van der Waals surface area contributed by atoms with Crippen LogP contribution in [0.15, 0.2) is 48.6 Å². The highest BCUT2D eigenvalue weighted by molar-refractivity contribution is 5.89. The molecule has 0 aromatic rings. The summed E-state index contributed by atoms with van der Waals surface area (Å²) >= 11 is 0. The molecular weight excluding hydrogens is 796 g/mol. The summed E-state index contributed by atoms with van der Waals surface area (Å²) in [6, 6.07) is 0. The molecule has 4 unspecified atom stereocenters. The molecule has 346 valence electrons. The first-order valence-electron chi connectivity index (χ1n) is 21.4. The Bertz CT molecular complexity index is 1410. The average molecular weight is 867 g/mol. The molecule has 3 rings (SSSR count). The van der Waals surface area contributed by atoms with Crippen LogP contribution < -0.4 is 0 Å². The molecule has 0 aromatic heterocycles. The number of hydrogen-bond donors (Lipinski definition) is 1. The quantitative estimate of drug-likeness (QED) is 0.0485. The number of aliphatic hydroxyl groups excluding tert-OH is 1. The van der Waals surface area contributed by atoms with E-state index in [1.807, 2.05) is 0 Å². The summed E-state index contributed by atoms with van der Waals surface area (Å²) in [5.74, 6) is -1.28. The van der Waals surface area contributed by atoms with Gasteiger partial charge in [-0.2, -0.15) is 0 Å². The molecule has 61 heavy (non-hydrogen) atoms. The zero-order valence-electron chi connectivity index (χ0n) is 36.6. The molecule has 3 aliphatic carbocycles. The molecular formula is C45H70O16. The molecule has 16 heteroatoms. The molecule has 0 heterocycles. The van der Waals surface area contributed by atoms with Gasteiger partial charge in [0.25, 0.3) is 0 Å². The lowest BCUT2D eigenvalue weighted by Gasteiger charge is -2.48. The number of carbonyl (C=O) groups is 4. The van der Waals surface area contributed by atoms with Crippen LogP contribution in [0.25, 0.3) is 0 Å². The van der Waals surface area contributed by atoms with Gasteiger partial charge in [-0.25, -0.2) is 19.2 Å². The summed E-state index contributed by atoms with van der Waals surface area (Å²) in [5.41, 5.74) is 0.710. The molecule has 0 spiro atoms. The van der Waals surface area contributed by atoms with Crippen molar-refractivity contribution in [2.75, 3.05) is 101 Å². The van der Waals surface area contributed by atoms with E-state index in [1.165, 1.54) is 21.3 Å². The summed E-state index contributed by atoms with van der Waals surface area (Å²) < 4.78 is 61.8. The summed E-state index contributed by atoms with van der Waals surface area (Å²) in [6.07, 6.45) is 8.23. The fourth-order valence-corrected chi connectivity index (χ4v) is 8.47. The third-order valence-electron chi connectivity index (χ3n) is 11.6. The van der Waals surface area contributed by atoms with E-state index in [4.69, 9.17) is 57.2 Å². The van der Waals surface area contributed by atoms with Gasteiger partial charge in [-0.3, -0.25) is 0 Å². The van der Waals surface area contributed by atoms with Gasteiger partial charge < -0.3 is 57.2 Å². The maximum absolute atomic E-state index is 12.4. The van der Waals surface area contributed by atoms with E-state index in [1.54, 1.807) is 0 Å². The smallest absolute Gasteiger partial charge is 0.335 e. The Balaban J connectivity index is 1.68. The zero-order valence-corrected chi connectivity index (χ0v) is 36.6. The Labute approximate surface area is 361 Å². The standard InChI is InChI=1S/C45H70O16/c1-30(26-46)42(47)58-20-16-54-36-12-8-34(9-13-36)38-24-41(57-19-23-61-45(50)33(4)29-53-7)39(25-40(38)56-18-22-60-44(49)32(3)28-52-6)35-10-14-37(15-11-35)55-17-21-59-43(48)31(2)27-51-5/h34-41,46H,1-4,8-29H2,5-7H3. The minimum atomic E-state index is -0.639. The first kappa shape index (κ1) is 51.9. The zero-order chi connectivity index (χ0) is 44.6. The first-order chi connectivity index (χ1) is 29.4. The van der Waals surface area contributed by atoms with E-state index in [-0.39, 0.29) is 131 Å². The van der Waals surface area contributed by atoms with Crippen molar-refractivity contribution in [3.8, 4) is 0 Å². The highest BCUT2D eigenvalue weighted by Crippen LogP contribution is 2.47. The maximum Gasteiger partial charge on any atom is 0.335 e. The second-order valence-electron chi connectivity index (χ2n) is 15.8. The third-order valence-corrected chi connectivity index (χ3v) is 11.6. The molecule has 0 radical (unpaired) electrons. The fourth-order valence-electron chi connectivity index (χ4n) is 8.47. The van der Waals surface area contributed by atoms with E-state index in [2.05, 4.69) is 26.3 Å². The molecule has 0 aliphatic heterocycles. The molecule has 0 amide bonds. The van der Waals surface area contributed by atoms with Gasteiger partial charge in [-0.1, -0.05) is 26.3 Å². The normalized spacial score (nSPS) is 25.2. The lowest BCUT2D eigenvalue weighted by Crippen LogP contribution is -2.48. The minimum Gasteiger partial charge on any atom is -0.460 e. The minimum absolute atomic E-state index is 0.00197. The van der Waals surface area contributed by atoms with Crippen molar-refractivity contribution < 1.29 is 76.4 Å². The number of carbonyl (C=O) groups excluding carboxylic acids is 4. The Morgan fingerprint density at radius 3 is 1.03 bits per heavy atom. The van der Waals surface area contributed by atoms with Gasteiger partial charge in [0.1, 0.15) is 26.4 Å². The van der Waals surface area contributed by atoms with Crippen LogP contribution in [0.3, 0.4) is 0 Å². The van der Waals surface area contributed by atoms with E-state index in [9.17, 15) is 19.2 Å². The highest BCUT2D eigenvalue weighted by Gasteiger charge is 2.46. The van der Waals surface area contributed by atoms with Crippen molar-refractivity contribution in [3.63, 3.8) is 0 Å². The second-order valence-corrected chi connectivity index (χ2v) is 15.8. The van der Waals surface area contributed by atoms with Crippen molar-refractivity contribution in [1.82, 2.24) is 0 Å². The predicted molar refractivity (Wildman–Crippen MR) is 222 cm³/mol. The predicted octanol–water partition coefficient (Wildman–Crippen LogP) is 4.26. The first-order valence-corrected chi connectivity index (χ1v) is 21.4. The Hall–Kier alpha value is -3.48. The lowest BCUT2D eigenvalue weighted by molar-refractivity contribution is -0.154. The number of methoxy groups -OCH3 is 3. The number of ether oxygens (including phenoxy) is 11. The van der Waals surface area contributed by atoms with Crippen molar-refractivity contribution in [2.45, 2.75) is 88.6 Å². The number of rotatable bonds is 29. The summed E-state index contributed by atoms with van der Waals surface area (Å²) in [4.78, 5) is 48.7. The highest BCUT2D eigenvalue weighted by atomic mass is 16.6. The van der Waals surface area contributed by atoms with E-state index in [0.29, 0.717) is 11.8 Å². The molecule has 3 aliphatic rings. The van der Waals surface area contributed by atoms with Crippen molar-refractivity contribution in [3.05, 3.63) is 48.6 Å². The van der Waals surface area contributed by atoms with Crippen LogP contribution in [-0.2, 0) is 71.3 Å². The molecule has 3 fully saturated rings. The molecule has 4 atom stereocenters. The summed E-state index contributed by atoms with van der Waals surface area (Å²) in [6.45, 7) is 15.8. The summed E-state index contributed by atoms with van der Waals surface area (Å²) in [5, 5.41) is 9.10. The molecule has 0 saturated heterocycles. The number of hydrogen-bond acceptors (Lipinski definition) is 16. The SMILES string of the molecule is C=C(CO)C(=O)OCCOC1CCC(C2CC(OCCOC(=O)C(=C)COC)C(C3CCC(OCCOC(=O)C(=C)COC)CC3)CC2OCCOC(=O)C(=C)COC)CC1. The van der Waals surface area contributed by atoms with Gasteiger partial charge in [0, 0.05) is 21.3 Å². The lowest BCUT2D eigenvalue weighted by atomic mass is 9.63. The topological polar surface area (TPSA) is 190 Å². The molecule has 3 saturated carbocycles. The van der Waals surface area contributed by atoms with Gasteiger partial charge in [0.2, 0.25) is 0 Å².